The van der Waals surface area contributed by atoms with Gasteiger partial charge in [0.25, 0.3) is 5.91 Å². The van der Waals surface area contributed by atoms with Crippen molar-refractivity contribution in [2.45, 2.75) is 25.5 Å². The molecule has 104 valence electrons. The Labute approximate surface area is 127 Å². The third kappa shape index (κ3) is 3.70. The van der Waals surface area contributed by atoms with E-state index in [1.807, 2.05) is 23.6 Å². The van der Waals surface area contributed by atoms with Gasteiger partial charge in [0.15, 0.2) is 0 Å². The Hall–Kier alpha value is -0.590. The molecule has 0 saturated carbocycles. The Balaban J connectivity index is 2.08. The maximum absolute atomic E-state index is 12.5. The van der Waals surface area contributed by atoms with Crippen LogP contribution in [0.15, 0.2) is 6.07 Å². The Morgan fingerprint density at radius 3 is 3.00 bits per heavy atom. The van der Waals surface area contributed by atoms with Gasteiger partial charge in [-0.1, -0.05) is 12.2 Å². The third-order valence-electron chi connectivity index (χ3n) is 3.14. The molecule has 2 heterocycles. The Morgan fingerprint density at radius 1 is 1.58 bits per heavy atom. The van der Waals surface area contributed by atoms with E-state index in [4.69, 9.17) is 18.0 Å². The van der Waals surface area contributed by atoms with Crippen molar-refractivity contribution in [2.75, 3.05) is 18.8 Å². The molecular formula is C13H18N2OS3. The average molecular weight is 315 g/mol. The highest BCUT2D eigenvalue weighted by Gasteiger charge is 2.20. The van der Waals surface area contributed by atoms with Crippen molar-refractivity contribution in [3.8, 4) is 0 Å². The van der Waals surface area contributed by atoms with E-state index >= 15 is 0 Å². The first-order valence-corrected chi connectivity index (χ1v) is 8.76. The summed E-state index contributed by atoms with van der Waals surface area (Å²) in [6.45, 7) is 3.29. The van der Waals surface area contributed by atoms with Crippen LogP contribution in [-0.4, -0.2) is 34.6 Å². The van der Waals surface area contributed by atoms with Gasteiger partial charge < -0.3 is 10.6 Å². The fraction of sp³-hybridized carbons (Fsp3) is 0.538. The zero-order chi connectivity index (χ0) is 13.8. The quantitative estimate of drug-likeness (QED) is 0.849. The summed E-state index contributed by atoms with van der Waals surface area (Å²) in [6, 6.07) is 2.07. The molecule has 1 aromatic heterocycles. The van der Waals surface area contributed by atoms with Gasteiger partial charge in [0.1, 0.15) is 0 Å². The van der Waals surface area contributed by atoms with Gasteiger partial charge in [-0.05, 0) is 30.7 Å². The van der Waals surface area contributed by atoms with Crippen LogP contribution in [0.4, 0.5) is 0 Å². The smallest absolute Gasteiger partial charge is 0.263 e. The van der Waals surface area contributed by atoms with Crippen LogP contribution < -0.4 is 5.73 Å². The minimum absolute atomic E-state index is 0.114. The first-order chi connectivity index (χ1) is 9.11. The summed E-state index contributed by atoms with van der Waals surface area (Å²) in [5.41, 5.74) is 6.85. The van der Waals surface area contributed by atoms with Crippen molar-refractivity contribution in [2.24, 2.45) is 5.73 Å². The zero-order valence-corrected chi connectivity index (χ0v) is 13.4. The molecule has 0 spiro atoms. The van der Waals surface area contributed by atoms with Crippen molar-refractivity contribution in [3.05, 3.63) is 21.4 Å². The highest BCUT2D eigenvalue weighted by atomic mass is 32.2. The van der Waals surface area contributed by atoms with Crippen LogP contribution in [0.5, 0.6) is 0 Å². The summed E-state index contributed by atoms with van der Waals surface area (Å²) in [4.78, 5) is 17.0. The number of hydrogen-bond acceptors (Lipinski definition) is 4. The lowest BCUT2D eigenvalue weighted by Crippen LogP contribution is -2.33. The number of carbonyl (C=O) groups excluding carboxylic acids is 1. The van der Waals surface area contributed by atoms with E-state index in [0.29, 0.717) is 24.5 Å². The highest BCUT2D eigenvalue weighted by Crippen LogP contribution is 2.32. The lowest BCUT2D eigenvalue weighted by molar-refractivity contribution is 0.0773. The minimum Gasteiger partial charge on any atom is -0.393 e. The Kier molecular flexibility index (Phi) is 5.24. The number of thiophene rings is 1. The summed E-state index contributed by atoms with van der Waals surface area (Å²) in [7, 11) is 0. The van der Waals surface area contributed by atoms with E-state index in [2.05, 4.69) is 6.07 Å². The molecule has 1 aliphatic heterocycles. The SMILES string of the molecule is CCN(CCC(N)=S)C(=O)c1cc2c(s1)CCSC2. The number of carbonyl (C=O) groups is 1. The maximum Gasteiger partial charge on any atom is 0.263 e. The number of aryl methyl sites for hydroxylation is 1. The monoisotopic (exact) mass is 314 g/mol. The van der Waals surface area contributed by atoms with Crippen LogP contribution in [0, 0.1) is 0 Å². The number of fused-ring (bicyclic) bond motifs is 1. The van der Waals surface area contributed by atoms with E-state index < -0.39 is 0 Å². The van der Waals surface area contributed by atoms with Crippen molar-refractivity contribution in [1.29, 1.82) is 0 Å². The molecule has 1 aromatic rings. The summed E-state index contributed by atoms with van der Waals surface area (Å²) in [6.07, 6.45) is 1.69. The number of rotatable bonds is 5. The van der Waals surface area contributed by atoms with Gasteiger partial charge in [-0.15, -0.1) is 11.3 Å². The lowest BCUT2D eigenvalue weighted by atomic mass is 10.2. The molecule has 0 aliphatic carbocycles. The van der Waals surface area contributed by atoms with Gasteiger partial charge in [0, 0.05) is 30.1 Å². The molecule has 3 nitrogen and oxygen atoms in total. The van der Waals surface area contributed by atoms with Crippen LogP contribution >= 0.6 is 35.3 Å². The predicted molar refractivity (Wildman–Crippen MR) is 87.2 cm³/mol. The molecule has 1 aliphatic rings. The van der Waals surface area contributed by atoms with Crippen LogP contribution in [-0.2, 0) is 12.2 Å². The second kappa shape index (κ2) is 6.72. The van der Waals surface area contributed by atoms with Crippen molar-refractivity contribution in [3.63, 3.8) is 0 Å². The van der Waals surface area contributed by atoms with E-state index in [1.54, 1.807) is 11.3 Å². The number of thiocarbonyl (C=S) groups is 1. The van der Waals surface area contributed by atoms with Crippen molar-refractivity contribution < 1.29 is 4.79 Å². The fourth-order valence-corrected chi connectivity index (χ4v) is 4.49. The van der Waals surface area contributed by atoms with Crippen LogP contribution in [0.25, 0.3) is 0 Å². The molecule has 0 saturated heterocycles. The number of thioether (sulfide) groups is 1. The third-order valence-corrected chi connectivity index (χ3v) is 5.57. The van der Waals surface area contributed by atoms with Gasteiger partial charge in [0.2, 0.25) is 0 Å². The van der Waals surface area contributed by atoms with Crippen molar-refractivity contribution >= 4 is 46.2 Å². The standard InChI is InChI=1S/C13H18N2OS3/c1-2-15(5-3-12(14)17)13(16)11-7-9-8-18-6-4-10(9)19-11/h7H,2-6,8H2,1H3,(H2,14,17). The number of amides is 1. The molecule has 0 bridgehead atoms. The Morgan fingerprint density at radius 2 is 2.37 bits per heavy atom. The molecule has 19 heavy (non-hydrogen) atoms. The van der Waals surface area contributed by atoms with Gasteiger partial charge in [0.05, 0.1) is 9.87 Å². The summed E-state index contributed by atoms with van der Waals surface area (Å²) >= 11 is 8.47. The number of nitrogens with zero attached hydrogens (tertiary/aromatic N) is 1. The van der Waals surface area contributed by atoms with Crippen LogP contribution in [0.1, 0.15) is 33.5 Å². The van der Waals surface area contributed by atoms with Crippen molar-refractivity contribution in [1.82, 2.24) is 4.90 Å². The molecule has 2 rings (SSSR count). The number of nitrogens with two attached hydrogens (primary N) is 1. The summed E-state index contributed by atoms with van der Waals surface area (Å²) in [5, 5.41) is 0. The minimum atomic E-state index is 0.114. The molecule has 6 heteroatoms. The second-order valence-electron chi connectivity index (χ2n) is 4.46. The molecule has 0 unspecified atom stereocenters. The molecule has 0 aromatic carbocycles. The van der Waals surface area contributed by atoms with Gasteiger partial charge >= 0.3 is 0 Å². The molecular weight excluding hydrogens is 296 g/mol. The predicted octanol–water partition coefficient (Wildman–Crippen LogP) is 2.68. The van der Waals surface area contributed by atoms with Gasteiger partial charge in [-0.2, -0.15) is 11.8 Å². The Bertz CT molecular complexity index is 461. The zero-order valence-electron chi connectivity index (χ0n) is 11.0. The molecule has 0 radical (unpaired) electrons. The van der Waals surface area contributed by atoms with Crippen LogP contribution in [0.2, 0.25) is 0 Å². The summed E-state index contributed by atoms with van der Waals surface area (Å²) in [5.74, 6) is 2.32. The lowest BCUT2D eigenvalue weighted by Gasteiger charge is -2.19. The van der Waals surface area contributed by atoms with Gasteiger partial charge in [-0.25, -0.2) is 0 Å². The molecule has 0 atom stereocenters. The number of hydrogen-bond donors (Lipinski definition) is 1. The molecule has 1 amide bonds. The van der Waals surface area contributed by atoms with Crippen LogP contribution in [0.3, 0.4) is 0 Å². The molecule has 0 fully saturated rings. The van der Waals surface area contributed by atoms with E-state index in [1.165, 1.54) is 16.2 Å². The normalized spacial score (nSPS) is 13.9. The average Bonchev–Trinajstić information content (AvgIpc) is 2.82. The maximum atomic E-state index is 12.5. The summed E-state index contributed by atoms with van der Waals surface area (Å²) < 4.78 is 0. The largest absolute Gasteiger partial charge is 0.393 e. The highest BCUT2D eigenvalue weighted by molar-refractivity contribution is 7.98. The van der Waals surface area contributed by atoms with E-state index in [-0.39, 0.29) is 5.91 Å². The van der Waals surface area contributed by atoms with E-state index in [0.717, 1.165) is 17.1 Å². The topological polar surface area (TPSA) is 46.3 Å². The van der Waals surface area contributed by atoms with Gasteiger partial charge in [-0.3, -0.25) is 4.79 Å². The fourth-order valence-electron chi connectivity index (χ4n) is 2.06. The first kappa shape index (κ1) is 14.8. The first-order valence-electron chi connectivity index (χ1n) is 6.38. The molecule has 2 N–H and O–H groups in total. The van der Waals surface area contributed by atoms with E-state index in [9.17, 15) is 4.79 Å². The second-order valence-corrected chi connectivity index (χ2v) is 7.23.